The van der Waals surface area contributed by atoms with Crippen LogP contribution in [-0.4, -0.2) is 81.9 Å². The number of nitrogens with one attached hydrogen (secondary N) is 3. The van der Waals surface area contributed by atoms with Crippen LogP contribution < -0.4 is 21.7 Å². The molecule has 1 aromatic carbocycles. The Labute approximate surface area is 202 Å². The number of hydrogen-bond acceptors (Lipinski definition) is 8. The van der Waals surface area contributed by atoms with E-state index < -0.39 is 54.0 Å². The molecular formula is C21H32N4O6S2. The molecule has 0 fully saturated rings. The molecule has 10 nitrogen and oxygen atoms in total. The van der Waals surface area contributed by atoms with Crippen LogP contribution in [0.1, 0.15) is 18.9 Å². The molecule has 0 bridgehead atoms. The van der Waals surface area contributed by atoms with Crippen LogP contribution in [-0.2, 0) is 25.6 Å². The number of thiol groups is 1. The molecule has 3 amide bonds. The molecule has 33 heavy (non-hydrogen) atoms. The predicted octanol–water partition coefficient (Wildman–Crippen LogP) is -0.841. The number of thioether (sulfide) groups is 1. The molecule has 7 N–H and O–H groups in total. The van der Waals surface area contributed by atoms with Crippen molar-refractivity contribution in [3.8, 4) is 0 Å². The van der Waals surface area contributed by atoms with Gasteiger partial charge in [-0.25, -0.2) is 4.79 Å². The lowest BCUT2D eigenvalue weighted by atomic mass is 10.0. The van der Waals surface area contributed by atoms with E-state index in [1.165, 1.54) is 18.7 Å². The summed E-state index contributed by atoms with van der Waals surface area (Å²) in [6, 6.07) is 4.21. The topological polar surface area (TPSA) is 171 Å². The summed E-state index contributed by atoms with van der Waals surface area (Å²) in [7, 11) is 0. The van der Waals surface area contributed by atoms with E-state index in [2.05, 4.69) is 28.6 Å². The minimum atomic E-state index is -1.37. The number of aliphatic carboxylic acids is 1. The number of nitrogens with two attached hydrogens (primary N) is 1. The summed E-state index contributed by atoms with van der Waals surface area (Å²) in [6.45, 7) is 1.31. The molecule has 0 radical (unpaired) electrons. The lowest BCUT2D eigenvalue weighted by Gasteiger charge is -2.26. The second kappa shape index (κ2) is 14.8. The first kappa shape index (κ1) is 28.8. The Bertz CT molecular complexity index is 796. The summed E-state index contributed by atoms with van der Waals surface area (Å²) in [6.07, 6.45) is 0.824. The van der Waals surface area contributed by atoms with Crippen molar-refractivity contribution in [1.82, 2.24) is 16.0 Å². The number of rotatable bonds is 14. The molecule has 0 aliphatic rings. The highest BCUT2D eigenvalue weighted by Gasteiger charge is 2.32. The van der Waals surface area contributed by atoms with Gasteiger partial charge in [-0.3, -0.25) is 14.4 Å². The van der Waals surface area contributed by atoms with E-state index in [1.807, 2.05) is 6.26 Å². The summed E-state index contributed by atoms with van der Waals surface area (Å²) in [4.78, 5) is 49.5. The summed E-state index contributed by atoms with van der Waals surface area (Å²) in [5.74, 6) is -2.81. The van der Waals surface area contributed by atoms with Crippen LogP contribution in [0.25, 0.3) is 0 Å². The molecule has 5 unspecified atom stereocenters. The maximum atomic E-state index is 13.0. The number of carboxylic acid groups (broad SMARTS) is 1. The van der Waals surface area contributed by atoms with Gasteiger partial charge in [-0.2, -0.15) is 24.4 Å². The lowest BCUT2D eigenvalue weighted by molar-refractivity contribution is -0.142. The zero-order chi connectivity index (χ0) is 25.0. The van der Waals surface area contributed by atoms with Gasteiger partial charge in [0.2, 0.25) is 17.7 Å². The molecule has 0 aliphatic carbocycles. The van der Waals surface area contributed by atoms with E-state index in [9.17, 15) is 29.4 Å². The number of aliphatic hydroxyl groups excluding tert-OH is 1. The number of benzene rings is 1. The molecule has 12 heteroatoms. The molecular weight excluding hydrogens is 468 g/mol. The van der Waals surface area contributed by atoms with Crippen molar-refractivity contribution in [3.63, 3.8) is 0 Å². The Morgan fingerprint density at radius 2 is 1.64 bits per heavy atom. The maximum Gasteiger partial charge on any atom is 0.326 e. The van der Waals surface area contributed by atoms with E-state index >= 15 is 0 Å². The summed E-state index contributed by atoms with van der Waals surface area (Å²) < 4.78 is 0. The van der Waals surface area contributed by atoms with Crippen LogP contribution >= 0.6 is 24.4 Å². The molecule has 0 spiro atoms. The maximum absolute atomic E-state index is 13.0. The van der Waals surface area contributed by atoms with E-state index in [0.29, 0.717) is 5.75 Å². The van der Waals surface area contributed by atoms with Gasteiger partial charge < -0.3 is 31.9 Å². The lowest BCUT2D eigenvalue weighted by Crippen LogP contribution is -2.60. The first-order chi connectivity index (χ1) is 15.6. The Kier molecular flexibility index (Phi) is 12.9. The van der Waals surface area contributed by atoms with Crippen LogP contribution in [0.2, 0.25) is 0 Å². The molecule has 0 saturated heterocycles. The van der Waals surface area contributed by atoms with Crippen molar-refractivity contribution in [2.75, 3.05) is 17.8 Å². The summed E-state index contributed by atoms with van der Waals surface area (Å²) in [5.41, 5.74) is 6.34. The molecule has 1 aromatic rings. The van der Waals surface area contributed by atoms with Crippen molar-refractivity contribution in [3.05, 3.63) is 35.9 Å². The van der Waals surface area contributed by atoms with Gasteiger partial charge in [0.15, 0.2) is 0 Å². The smallest absolute Gasteiger partial charge is 0.326 e. The highest BCUT2D eigenvalue weighted by atomic mass is 32.2. The van der Waals surface area contributed by atoms with Gasteiger partial charge in [0, 0.05) is 12.2 Å². The van der Waals surface area contributed by atoms with Gasteiger partial charge >= 0.3 is 5.97 Å². The quantitative estimate of drug-likeness (QED) is 0.162. The van der Waals surface area contributed by atoms with Crippen molar-refractivity contribution in [2.45, 2.75) is 50.0 Å². The molecule has 184 valence electrons. The second-order valence-electron chi connectivity index (χ2n) is 7.45. The number of carboxylic acids is 1. The average Bonchev–Trinajstić information content (AvgIpc) is 2.78. The largest absolute Gasteiger partial charge is 0.480 e. The van der Waals surface area contributed by atoms with E-state index in [-0.39, 0.29) is 18.6 Å². The highest BCUT2D eigenvalue weighted by molar-refractivity contribution is 7.98. The van der Waals surface area contributed by atoms with Gasteiger partial charge in [0.1, 0.15) is 18.1 Å². The van der Waals surface area contributed by atoms with E-state index in [0.717, 1.165) is 5.56 Å². The first-order valence-electron chi connectivity index (χ1n) is 10.3. The fourth-order valence-electron chi connectivity index (χ4n) is 2.83. The van der Waals surface area contributed by atoms with Crippen molar-refractivity contribution < 1.29 is 29.4 Å². The van der Waals surface area contributed by atoms with E-state index in [4.69, 9.17) is 5.73 Å². The monoisotopic (exact) mass is 500 g/mol. The Balaban J connectivity index is 3.06. The Morgan fingerprint density at radius 1 is 1.03 bits per heavy atom. The molecule has 0 aromatic heterocycles. The Hall–Kier alpha value is -2.28. The third-order valence-corrected chi connectivity index (χ3v) is 5.77. The third kappa shape index (κ3) is 10.0. The van der Waals surface area contributed by atoms with Crippen LogP contribution in [0, 0.1) is 0 Å². The third-order valence-electron chi connectivity index (χ3n) is 4.74. The standard InChI is InChI=1S/C21H32N4O6S2/c1-12(26)17(25-18(27)14(22)11-32)20(29)24-16(10-13-6-4-3-5-7-13)19(28)23-15(21(30)31)8-9-33-2/h3-7,12,14-17,26,32H,8-11,22H2,1-2H3,(H,23,28)(H,24,29)(H,25,27)(H,30,31). The average molecular weight is 501 g/mol. The number of amides is 3. The summed E-state index contributed by atoms with van der Waals surface area (Å²) in [5, 5.41) is 26.8. The van der Waals surface area contributed by atoms with Crippen molar-refractivity contribution in [1.29, 1.82) is 0 Å². The number of aliphatic hydroxyl groups is 1. The zero-order valence-corrected chi connectivity index (χ0v) is 20.3. The van der Waals surface area contributed by atoms with E-state index in [1.54, 1.807) is 30.3 Å². The first-order valence-corrected chi connectivity index (χ1v) is 12.3. The Morgan fingerprint density at radius 3 is 2.15 bits per heavy atom. The van der Waals surface area contributed by atoms with Gasteiger partial charge in [-0.05, 0) is 30.9 Å². The van der Waals surface area contributed by atoms with Crippen molar-refractivity contribution >= 4 is 48.1 Å². The second-order valence-corrected chi connectivity index (χ2v) is 8.80. The molecule has 0 heterocycles. The fourth-order valence-corrected chi connectivity index (χ4v) is 3.47. The predicted molar refractivity (Wildman–Crippen MR) is 130 cm³/mol. The molecule has 1 rings (SSSR count). The highest BCUT2D eigenvalue weighted by Crippen LogP contribution is 2.07. The number of carbonyl (C=O) groups excluding carboxylic acids is 3. The normalized spacial score (nSPS) is 15.4. The number of hydrogen-bond donors (Lipinski definition) is 7. The minimum absolute atomic E-state index is 0.0334. The number of carbonyl (C=O) groups is 4. The summed E-state index contributed by atoms with van der Waals surface area (Å²) >= 11 is 5.38. The minimum Gasteiger partial charge on any atom is -0.480 e. The van der Waals surface area contributed by atoms with Crippen molar-refractivity contribution in [2.24, 2.45) is 5.73 Å². The van der Waals surface area contributed by atoms with Crippen LogP contribution in [0.4, 0.5) is 0 Å². The fraction of sp³-hybridized carbons (Fsp3) is 0.524. The van der Waals surface area contributed by atoms with Crippen LogP contribution in [0.15, 0.2) is 30.3 Å². The zero-order valence-electron chi connectivity index (χ0n) is 18.6. The molecule has 5 atom stereocenters. The van der Waals surface area contributed by atoms with Crippen LogP contribution in [0.3, 0.4) is 0 Å². The van der Waals surface area contributed by atoms with Crippen LogP contribution in [0.5, 0.6) is 0 Å². The van der Waals surface area contributed by atoms with Gasteiger partial charge in [-0.15, -0.1) is 0 Å². The van der Waals surface area contributed by atoms with Gasteiger partial charge in [0.05, 0.1) is 12.1 Å². The molecule has 0 aliphatic heterocycles. The van der Waals surface area contributed by atoms with Gasteiger partial charge in [-0.1, -0.05) is 30.3 Å². The SMILES string of the molecule is CSCCC(NC(=O)C(Cc1ccccc1)NC(=O)C(NC(=O)C(N)CS)C(C)O)C(=O)O. The molecule has 0 saturated carbocycles. The van der Waals surface area contributed by atoms with Gasteiger partial charge in [0.25, 0.3) is 0 Å².